The van der Waals surface area contributed by atoms with Crippen LogP contribution in [0.25, 0.3) is 0 Å². The summed E-state index contributed by atoms with van der Waals surface area (Å²) in [7, 11) is 2.66. The Kier molecular flexibility index (Phi) is 6.69. The van der Waals surface area contributed by atoms with Crippen molar-refractivity contribution < 1.29 is 19.1 Å². The third kappa shape index (κ3) is 4.59. The van der Waals surface area contributed by atoms with Crippen molar-refractivity contribution in [2.45, 2.75) is 38.5 Å². The van der Waals surface area contributed by atoms with Crippen LogP contribution < -0.4 is 0 Å². The van der Waals surface area contributed by atoms with Crippen LogP contribution in [0.2, 0.25) is 0 Å². The van der Waals surface area contributed by atoms with Gasteiger partial charge in [-0.25, -0.2) is 9.59 Å². The van der Waals surface area contributed by atoms with Crippen molar-refractivity contribution in [3.63, 3.8) is 0 Å². The van der Waals surface area contributed by atoms with Crippen LogP contribution in [-0.2, 0) is 48.0 Å². The van der Waals surface area contributed by atoms with E-state index in [4.69, 9.17) is 9.47 Å². The summed E-state index contributed by atoms with van der Waals surface area (Å²) in [4.78, 5) is 24.9. The summed E-state index contributed by atoms with van der Waals surface area (Å²) in [6, 6.07) is 20.8. The molecule has 0 N–H and O–H groups in total. The molecule has 0 atom stereocenters. The molecule has 4 rings (SSSR count). The topological polar surface area (TPSA) is 52.6 Å². The highest BCUT2D eigenvalue weighted by atomic mass is 16.5. The number of aryl methyl sites for hydroxylation is 6. The number of esters is 2. The molecular weight excluding hydrogens is 400 g/mol. The van der Waals surface area contributed by atoms with Gasteiger partial charge in [0.25, 0.3) is 0 Å². The molecule has 0 spiro atoms. The monoisotopic (exact) mass is 428 g/mol. The van der Waals surface area contributed by atoms with Gasteiger partial charge in [-0.05, 0) is 84.0 Å². The third-order valence-electron chi connectivity index (χ3n) is 6.38. The van der Waals surface area contributed by atoms with E-state index < -0.39 is 11.9 Å². The molecule has 0 amide bonds. The number of rotatable bonds is 2. The Bertz CT molecular complexity index is 1060. The molecule has 1 aliphatic rings. The molecule has 4 nitrogen and oxygen atoms in total. The van der Waals surface area contributed by atoms with Crippen LogP contribution in [0.3, 0.4) is 0 Å². The zero-order valence-corrected chi connectivity index (χ0v) is 18.6. The van der Waals surface area contributed by atoms with Crippen molar-refractivity contribution >= 4 is 11.9 Å². The molecule has 0 aliphatic heterocycles. The highest BCUT2D eigenvalue weighted by molar-refractivity contribution is 6.03. The first-order chi connectivity index (χ1) is 15.6. The van der Waals surface area contributed by atoms with Crippen molar-refractivity contribution in [2.24, 2.45) is 0 Å². The standard InChI is InChI=1S/C28H28O4/c1-31-27(29)25-17-23-15-13-21-9-5-3-7-19(21)11-12-20-8-4-6-10-22(20)14-16-24(23)18-26(25)28(30)32-2/h3-10,17-18H,11-16H2,1-2H3. The molecule has 3 aromatic rings. The molecule has 0 saturated heterocycles. The Labute approximate surface area is 189 Å². The maximum atomic E-state index is 12.4. The molecule has 0 saturated carbocycles. The van der Waals surface area contributed by atoms with Crippen LogP contribution in [0.15, 0.2) is 60.7 Å². The van der Waals surface area contributed by atoms with Crippen LogP contribution in [0.4, 0.5) is 0 Å². The van der Waals surface area contributed by atoms with E-state index >= 15 is 0 Å². The molecular formula is C28H28O4. The number of methoxy groups -OCH3 is 2. The summed E-state index contributed by atoms with van der Waals surface area (Å²) < 4.78 is 9.91. The highest BCUT2D eigenvalue weighted by Crippen LogP contribution is 2.25. The van der Waals surface area contributed by atoms with E-state index in [1.165, 1.54) is 36.5 Å². The number of hydrogen-bond donors (Lipinski definition) is 0. The van der Waals surface area contributed by atoms with Gasteiger partial charge in [-0.1, -0.05) is 48.5 Å². The van der Waals surface area contributed by atoms with Gasteiger partial charge in [0.2, 0.25) is 0 Å². The van der Waals surface area contributed by atoms with Gasteiger partial charge in [0.15, 0.2) is 0 Å². The van der Waals surface area contributed by atoms with E-state index in [0.29, 0.717) is 0 Å². The Hall–Kier alpha value is -3.40. The maximum Gasteiger partial charge on any atom is 0.338 e. The quantitative estimate of drug-likeness (QED) is 0.543. The van der Waals surface area contributed by atoms with Gasteiger partial charge in [0.1, 0.15) is 0 Å². The van der Waals surface area contributed by atoms with Gasteiger partial charge in [-0.2, -0.15) is 0 Å². The van der Waals surface area contributed by atoms with Gasteiger partial charge in [0.05, 0.1) is 25.3 Å². The third-order valence-corrected chi connectivity index (χ3v) is 6.38. The Morgan fingerprint density at radius 2 is 0.812 bits per heavy atom. The molecule has 0 fully saturated rings. The molecule has 32 heavy (non-hydrogen) atoms. The van der Waals surface area contributed by atoms with Crippen LogP contribution in [0.1, 0.15) is 54.1 Å². The molecule has 164 valence electrons. The van der Waals surface area contributed by atoms with Crippen LogP contribution in [0.5, 0.6) is 0 Å². The van der Waals surface area contributed by atoms with E-state index in [1.54, 1.807) is 0 Å². The van der Waals surface area contributed by atoms with Crippen molar-refractivity contribution in [1.29, 1.82) is 0 Å². The Balaban J connectivity index is 1.83. The van der Waals surface area contributed by atoms with E-state index in [0.717, 1.165) is 49.7 Å². The van der Waals surface area contributed by atoms with Gasteiger partial charge < -0.3 is 9.47 Å². The number of carbonyl (C=O) groups is 2. The van der Waals surface area contributed by atoms with Crippen LogP contribution in [-0.4, -0.2) is 26.2 Å². The second-order valence-corrected chi connectivity index (χ2v) is 8.19. The van der Waals surface area contributed by atoms with Gasteiger partial charge in [-0.3, -0.25) is 0 Å². The zero-order valence-electron chi connectivity index (χ0n) is 18.6. The molecule has 0 radical (unpaired) electrons. The lowest BCUT2D eigenvalue weighted by Gasteiger charge is -2.18. The normalized spacial score (nSPS) is 13.4. The molecule has 0 heterocycles. The fourth-order valence-corrected chi connectivity index (χ4v) is 4.61. The predicted molar refractivity (Wildman–Crippen MR) is 124 cm³/mol. The van der Waals surface area contributed by atoms with E-state index in [1.807, 2.05) is 12.1 Å². The Morgan fingerprint density at radius 1 is 0.531 bits per heavy atom. The molecule has 4 heteroatoms. The van der Waals surface area contributed by atoms with Crippen LogP contribution >= 0.6 is 0 Å². The summed E-state index contributed by atoms with van der Waals surface area (Å²) in [6.45, 7) is 0. The first-order valence-corrected chi connectivity index (χ1v) is 11.1. The van der Waals surface area contributed by atoms with E-state index in [2.05, 4.69) is 48.5 Å². The van der Waals surface area contributed by atoms with Crippen LogP contribution in [0, 0.1) is 0 Å². The minimum atomic E-state index is -0.523. The van der Waals surface area contributed by atoms with Crippen molar-refractivity contribution in [3.05, 3.63) is 105 Å². The summed E-state index contributed by atoms with van der Waals surface area (Å²) in [5.41, 5.74) is 8.06. The Morgan fingerprint density at radius 3 is 1.09 bits per heavy atom. The van der Waals surface area contributed by atoms with E-state index in [9.17, 15) is 9.59 Å². The first-order valence-electron chi connectivity index (χ1n) is 11.1. The lowest BCUT2D eigenvalue weighted by atomic mass is 9.87. The lowest BCUT2D eigenvalue weighted by molar-refractivity contribution is 0.0555. The summed E-state index contributed by atoms with van der Waals surface area (Å²) in [6.07, 6.45) is 5.36. The number of benzene rings is 3. The fourth-order valence-electron chi connectivity index (χ4n) is 4.61. The van der Waals surface area contributed by atoms with Crippen molar-refractivity contribution in [3.8, 4) is 0 Å². The second-order valence-electron chi connectivity index (χ2n) is 8.19. The summed E-state index contributed by atoms with van der Waals surface area (Å²) in [5.74, 6) is -1.05. The lowest BCUT2D eigenvalue weighted by Crippen LogP contribution is -2.15. The smallest absolute Gasteiger partial charge is 0.338 e. The molecule has 0 aromatic heterocycles. The maximum absolute atomic E-state index is 12.4. The van der Waals surface area contributed by atoms with Crippen molar-refractivity contribution in [1.82, 2.24) is 0 Å². The number of carbonyl (C=O) groups excluding carboxylic acids is 2. The zero-order chi connectivity index (χ0) is 22.5. The number of ether oxygens (including phenoxy) is 2. The van der Waals surface area contributed by atoms with Crippen molar-refractivity contribution in [2.75, 3.05) is 14.2 Å². The summed E-state index contributed by atoms with van der Waals surface area (Å²) >= 11 is 0. The fraction of sp³-hybridized carbons (Fsp3) is 0.286. The minimum Gasteiger partial charge on any atom is -0.465 e. The van der Waals surface area contributed by atoms with Gasteiger partial charge in [-0.15, -0.1) is 0 Å². The molecule has 0 bridgehead atoms. The second kappa shape index (κ2) is 9.82. The van der Waals surface area contributed by atoms with E-state index in [-0.39, 0.29) is 11.1 Å². The molecule has 3 aromatic carbocycles. The van der Waals surface area contributed by atoms with Gasteiger partial charge >= 0.3 is 11.9 Å². The van der Waals surface area contributed by atoms with Gasteiger partial charge in [0, 0.05) is 0 Å². The average molecular weight is 429 g/mol. The number of fused-ring (bicyclic) bond motifs is 3. The highest BCUT2D eigenvalue weighted by Gasteiger charge is 2.22. The predicted octanol–water partition coefficient (Wildman–Crippen LogP) is 4.93. The molecule has 0 unspecified atom stereocenters. The molecule has 1 aliphatic carbocycles. The summed E-state index contributed by atoms with van der Waals surface area (Å²) in [5, 5.41) is 0. The average Bonchev–Trinajstić information content (AvgIpc) is 2.84. The SMILES string of the molecule is COC(=O)c1cc2c(cc1C(=O)OC)CCc1ccccc1CCc1ccccc1CC2. The minimum absolute atomic E-state index is 0.263. The first kappa shape index (κ1) is 21.8. The largest absolute Gasteiger partial charge is 0.465 e. The number of hydrogen-bond acceptors (Lipinski definition) is 4.